The Morgan fingerprint density at radius 2 is 1.92 bits per heavy atom. The number of nitriles is 1. The van der Waals surface area contributed by atoms with Gasteiger partial charge in [-0.05, 0) is 63.2 Å². The van der Waals surface area contributed by atoms with Crippen LogP contribution in [0.4, 0.5) is 11.5 Å². The number of likely N-dealkylation sites (tertiary alicyclic amines) is 1. The van der Waals surface area contributed by atoms with Gasteiger partial charge in [0.2, 0.25) is 5.91 Å². The number of carbonyl (C=O) groups is 1. The molecule has 2 aromatic carbocycles. The number of hydrogen-bond acceptors (Lipinski definition) is 9. The Balaban J connectivity index is 1.27. The van der Waals surface area contributed by atoms with Crippen LogP contribution >= 0.6 is 0 Å². The molecular weight excluding hydrogens is 602 g/mol. The highest BCUT2D eigenvalue weighted by Crippen LogP contribution is 2.52. The minimum Gasteiger partial charge on any atom is -0.462 e. The number of benzene rings is 2. The van der Waals surface area contributed by atoms with Gasteiger partial charge in [-0.1, -0.05) is 42.8 Å². The van der Waals surface area contributed by atoms with Gasteiger partial charge in [-0.3, -0.25) is 4.79 Å². The van der Waals surface area contributed by atoms with Crippen molar-refractivity contribution >= 4 is 28.2 Å². The maximum Gasteiger partial charge on any atom is 0.318 e. The van der Waals surface area contributed by atoms with Crippen molar-refractivity contribution in [1.29, 1.82) is 5.26 Å². The highest BCUT2D eigenvalue weighted by Gasteiger charge is 2.49. The van der Waals surface area contributed by atoms with E-state index in [1.54, 1.807) is 19.3 Å². The smallest absolute Gasteiger partial charge is 0.318 e. The number of anilines is 2. The van der Waals surface area contributed by atoms with E-state index in [1.807, 2.05) is 4.90 Å². The second-order valence-electron chi connectivity index (χ2n) is 14.0. The lowest BCUT2D eigenvalue weighted by atomic mass is 9.62. The van der Waals surface area contributed by atoms with Crippen molar-refractivity contribution in [3.05, 3.63) is 65.4 Å². The average Bonchev–Trinajstić information content (AvgIpc) is 3.50. The van der Waals surface area contributed by atoms with Crippen LogP contribution in [0.15, 0.2) is 48.6 Å². The quantitative estimate of drug-likeness (QED) is 0.297. The molecule has 10 heteroatoms. The Kier molecular flexibility index (Phi) is 9.25. The molecule has 252 valence electrons. The van der Waals surface area contributed by atoms with Crippen LogP contribution in [-0.4, -0.2) is 97.9 Å². The first-order chi connectivity index (χ1) is 23.4. The van der Waals surface area contributed by atoms with E-state index in [-0.39, 0.29) is 23.8 Å². The van der Waals surface area contributed by atoms with Crippen molar-refractivity contribution in [2.75, 3.05) is 69.9 Å². The first-order valence-electron chi connectivity index (χ1n) is 17.5. The van der Waals surface area contributed by atoms with Crippen LogP contribution in [0.1, 0.15) is 55.3 Å². The molecule has 0 unspecified atom stereocenters. The highest BCUT2D eigenvalue weighted by atomic mass is 16.5. The van der Waals surface area contributed by atoms with Crippen LogP contribution in [0.25, 0.3) is 10.8 Å². The predicted octanol–water partition coefficient (Wildman–Crippen LogP) is 4.99. The normalized spacial score (nSPS) is 22.2. The van der Waals surface area contributed by atoms with Crippen LogP contribution in [0, 0.1) is 18.3 Å². The maximum atomic E-state index is 13.2. The minimum absolute atomic E-state index is 0.0709. The lowest BCUT2D eigenvalue weighted by molar-refractivity contribution is -0.128. The van der Waals surface area contributed by atoms with Gasteiger partial charge in [0.05, 0.1) is 37.4 Å². The van der Waals surface area contributed by atoms with Crippen molar-refractivity contribution in [2.45, 2.75) is 69.5 Å². The van der Waals surface area contributed by atoms with Crippen LogP contribution in [0.5, 0.6) is 6.01 Å². The standard InChI is InChI=1S/C38H47N7O3/c1-27-9-4-10-28-11-5-13-32(34(27)28)44-24-31-35(38(26-44)16-8-17-38)36(41-37(40-31)48-25-30-12-6-19-42(30)2)43-20-21-45(29(23-43)15-18-39)33(46)14-7-22-47-3/h4-5,7,9-11,13-14,29-30H,6,8,12,15-17,19-26H2,1-3H3/b14-7+/t29-,30-/m0/s1. The molecule has 0 radical (unpaired) electrons. The van der Waals surface area contributed by atoms with E-state index in [4.69, 9.17) is 19.4 Å². The van der Waals surface area contributed by atoms with Gasteiger partial charge in [-0.25, -0.2) is 0 Å². The van der Waals surface area contributed by atoms with E-state index in [0.29, 0.717) is 51.4 Å². The summed E-state index contributed by atoms with van der Waals surface area (Å²) >= 11 is 0. The molecule has 2 saturated heterocycles. The SMILES string of the molecule is COC/C=C/C(=O)N1CCN(c2nc(OC[C@@H]3CCCN3C)nc3c2C2(CCC2)CN(c2cccc4cccc(C)c24)C3)C[C@@H]1CC#N. The Labute approximate surface area is 283 Å². The number of methoxy groups -OCH3 is 1. The third kappa shape index (κ3) is 6.10. The summed E-state index contributed by atoms with van der Waals surface area (Å²) < 4.78 is 11.5. The summed E-state index contributed by atoms with van der Waals surface area (Å²) in [4.78, 5) is 32.6. The van der Waals surface area contributed by atoms with Gasteiger partial charge in [0.15, 0.2) is 0 Å². The number of aromatic nitrogens is 2. The van der Waals surface area contributed by atoms with Gasteiger partial charge in [0.1, 0.15) is 12.4 Å². The monoisotopic (exact) mass is 649 g/mol. The van der Waals surface area contributed by atoms with Crippen molar-refractivity contribution in [1.82, 2.24) is 19.8 Å². The van der Waals surface area contributed by atoms with Gasteiger partial charge in [0, 0.05) is 67.5 Å². The molecule has 0 N–H and O–H groups in total. The predicted molar refractivity (Wildman–Crippen MR) is 187 cm³/mol. The van der Waals surface area contributed by atoms with E-state index >= 15 is 0 Å². The molecule has 1 aliphatic carbocycles. The Morgan fingerprint density at radius 1 is 1.08 bits per heavy atom. The molecule has 10 nitrogen and oxygen atoms in total. The summed E-state index contributed by atoms with van der Waals surface area (Å²) in [5.41, 5.74) is 4.73. The number of hydrogen-bond donors (Lipinski definition) is 0. The Morgan fingerprint density at radius 3 is 2.65 bits per heavy atom. The molecule has 4 heterocycles. The molecule has 1 saturated carbocycles. The number of rotatable bonds is 9. The van der Waals surface area contributed by atoms with Gasteiger partial charge in [-0.2, -0.15) is 15.2 Å². The number of fused-ring (bicyclic) bond motifs is 3. The Hall–Kier alpha value is -4.20. The second kappa shape index (κ2) is 13.7. The second-order valence-corrected chi connectivity index (χ2v) is 14.0. The molecule has 1 aromatic heterocycles. The number of amides is 1. The molecule has 3 aliphatic heterocycles. The number of likely N-dealkylation sites (N-methyl/N-ethyl adjacent to an activating group) is 1. The van der Waals surface area contributed by atoms with E-state index in [2.05, 4.69) is 71.1 Å². The highest BCUT2D eigenvalue weighted by molar-refractivity contribution is 5.97. The number of carbonyl (C=O) groups excluding carboxylic acids is 1. The van der Waals surface area contributed by atoms with Crippen molar-refractivity contribution in [3.63, 3.8) is 0 Å². The fraction of sp³-hybridized carbons (Fsp3) is 0.526. The van der Waals surface area contributed by atoms with Crippen LogP contribution in [0.3, 0.4) is 0 Å². The Bertz CT molecular complexity index is 1730. The van der Waals surface area contributed by atoms with Gasteiger partial charge in [0.25, 0.3) is 0 Å². The lowest BCUT2D eigenvalue weighted by Gasteiger charge is -2.52. The van der Waals surface area contributed by atoms with Crippen molar-refractivity contribution < 1.29 is 14.3 Å². The molecule has 3 aromatic rings. The zero-order valence-corrected chi connectivity index (χ0v) is 28.5. The van der Waals surface area contributed by atoms with E-state index in [1.165, 1.54) is 40.4 Å². The van der Waals surface area contributed by atoms with Gasteiger partial charge in [-0.15, -0.1) is 0 Å². The van der Waals surface area contributed by atoms with E-state index in [0.717, 1.165) is 43.9 Å². The molecule has 2 atom stereocenters. The summed E-state index contributed by atoms with van der Waals surface area (Å²) in [5.74, 6) is 0.839. The zero-order valence-electron chi connectivity index (χ0n) is 28.5. The van der Waals surface area contributed by atoms with E-state index < -0.39 is 0 Å². The maximum absolute atomic E-state index is 13.2. The third-order valence-corrected chi connectivity index (χ3v) is 11.0. The number of nitrogens with zero attached hydrogens (tertiary/aromatic N) is 7. The first-order valence-corrected chi connectivity index (χ1v) is 17.5. The molecular formula is C38H47N7O3. The summed E-state index contributed by atoms with van der Waals surface area (Å²) in [6, 6.07) is 16.0. The van der Waals surface area contributed by atoms with E-state index in [9.17, 15) is 10.1 Å². The lowest BCUT2D eigenvalue weighted by Crippen LogP contribution is -2.57. The molecule has 4 aliphatic rings. The summed E-state index contributed by atoms with van der Waals surface area (Å²) in [6.45, 7) is 7.46. The fourth-order valence-electron chi connectivity index (χ4n) is 8.37. The van der Waals surface area contributed by atoms with Crippen molar-refractivity contribution in [2.24, 2.45) is 0 Å². The minimum atomic E-state index is -0.248. The van der Waals surface area contributed by atoms with Gasteiger partial charge >= 0.3 is 6.01 Å². The molecule has 7 rings (SSSR count). The molecule has 1 spiro atoms. The third-order valence-electron chi connectivity index (χ3n) is 11.0. The summed E-state index contributed by atoms with van der Waals surface area (Å²) in [6.07, 6.45) is 9.15. The van der Waals surface area contributed by atoms with Crippen molar-refractivity contribution in [3.8, 4) is 12.1 Å². The largest absolute Gasteiger partial charge is 0.462 e. The molecule has 0 bridgehead atoms. The topological polar surface area (TPSA) is 98.1 Å². The van der Waals surface area contributed by atoms with Crippen LogP contribution in [0.2, 0.25) is 0 Å². The summed E-state index contributed by atoms with van der Waals surface area (Å²) in [7, 11) is 3.76. The molecule has 3 fully saturated rings. The summed E-state index contributed by atoms with van der Waals surface area (Å²) in [5, 5.41) is 12.3. The van der Waals surface area contributed by atoms with Crippen LogP contribution in [-0.2, 0) is 21.5 Å². The first kappa shape index (κ1) is 32.4. The number of aryl methyl sites for hydroxylation is 1. The molecule has 1 amide bonds. The molecule has 48 heavy (non-hydrogen) atoms. The number of ether oxygens (including phenoxy) is 2. The zero-order chi connectivity index (χ0) is 33.3. The van der Waals surface area contributed by atoms with Gasteiger partial charge < -0.3 is 29.1 Å². The van der Waals surface area contributed by atoms with Crippen LogP contribution < -0.4 is 14.5 Å². The number of piperazine rings is 1. The average molecular weight is 650 g/mol. The fourth-order valence-corrected chi connectivity index (χ4v) is 8.37.